The molecule has 0 bridgehead atoms. The molecule has 2 fully saturated rings. The molecule has 0 radical (unpaired) electrons. The zero-order valence-corrected chi connectivity index (χ0v) is 15.7. The quantitative estimate of drug-likeness (QED) is 0.847. The Bertz CT molecular complexity index is 629. The van der Waals surface area contributed by atoms with Gasteiger partial charge in [0.2, 0.25) is 5.91 Å². The molecule has 2 aliphatic rings. The van der Waals surface area contributed by atoms with Crippen molar-refractivity contribution in [2.24, 2.45) is 11.7 Å². The van der Waals surface area contributed by atoms with Gasteiger partial charge in [-0.05, 0) is 43.0 Å². The Kier molecular flexibility index (Phi) is 6.38. The number of benzene rings is 1. The second kappa shape index (κ2) is 8.73. The van der Waals surface area contributed by atoms with E-state index in [9.17, 15) is 9.59 Å². The van der Waals surface area contributed by atoms with Crippen molar-refractivity contribution >= 4 is 23.4 Å². The number of nitrogens with two attached hydrogens (primary N) is 1. The maximum Gasteiger partial charge on any atom is 0.260 e. The highest BCUT2D eigenvalue weighted by atomic mass is 35.5. The van der Waals surface area contributed by atoms with Gasteiger partial charge < -0.3 is 20.3 Å². The summed E-state index contributed by atoms with van der Waals surface area (Å²) in [6, 6.07) is 7.08. The third-order valence-corrected chi connectivity index (χ3v) is 5.57. The fourth-order valence-corrected chi connectivity index (χ4v) is 3.77. The van der Waals surface area contributed by atoms with E-state index < -0.39 is 0 Å². The van der Waals surface area contributed by atoms with E-state index in [1.165, 1.54) is 0 Å². The summed E-state index contributed by atoms with van der Waals surface area (Å²) in [7, 11) is 0. The largest absolute Gasteiger partial charge is 0.484 e. The molecule has 1 aliphatic heterocycles. The van der Waals surface area contributed by atoms with Crippen molar-refractivity contribution < 1.29 is 14.3 Å². The number of piperazine rings is 1. The van der Waals surface area contributed by atoms with Gasteiger partial charge in [-0.2, -0.15) is 0 Å². The van der Waals surface area contributed by atoms with Gasteiger partial charge in [-0.3, -0.25) is 9.59 Å². The maximum absolute atomic E-state index is 12.4. The lowest BCUT2D eigenvalue weighted by Gasteiger charge is -2.35. The van der Waals surface area contributed by atoms with Crippen LogP contribution in [0.1, 0.15) is 25.7 Å². The summed E-state index contributed by atoms with van der Waals surface area (Å²) >= 11 is 5.83. The molecule has 142 valence electrons. The van der Waals surface area contributed by atoms with Crippen LogP contribution in [0.2, 0.25) is 5.02 Å². The van der Waals surface area contributed by atoms with E-state index in [0.29, 0.717) is 49.3 Å². The predicted octanol–water partition coefficient (Wildman–Crippen LogP) is 1.91. The molecule has 3 rings (SSSR count). The molecular formula is C19H26ClN3O3. The van der Waals surface area contributed by atoms with Crippen molar-refractivity contribution in [2.45, 2.75) is 31.7 Å². The summed E-state index contributed by atoms with van der Waals surface area (Å²) in [5, 5.41) is 0.628. The molecule has 7 heteroatoms. The van der Waals surface area contributed by atoms with Crippen molar-refractivity contribution in [3.63, 3.8) is 0 Å². The molecule has 6 nitrogen and oxygen atoms in total. The minimum Gasteiger partial charge on any atom is -0.484 e. The fraction of sp³-hybridized carbons (Fsp3) is 0.579. The summed E-state index contributed by atoms with van der Waals surface area (Å²) < 4.78 is 5.51. The Balaban J connectivity index is 1.40. The average molecular weight is 380 g/mol. The van der Waals surface area contributed by atoms with E-state index in [-0.39, 0.29) is 24.5 Å². The first kappa shape index (κ1) is 19.0. The lowest BCUT2D eigenvalue weighted by atomic mass is 9.99. The Morgan fingerprint density at radius 1 is 1.04 bits per heavy atom. The Morgan fingerprint density at radius 3 is 2.23 bits per heavy atom. The van der Waals surface area contributed by atoms with Crippen molar-refractivity contribution in [3.8, 4) is 5.75 Å². The molecule has 1 saturated heterocycles. The second-order valence-corrected chi connectivity index (χ2v) is 7.50. The number of carbonyl (C=O) groups is 2. The first-order valence-corrected chi connectivity index (χ1v) is 9.60. The van der Waals surface area contributed by atoms with E-state index in [2.05, 4.69) is 0 Å². The molecule has 1 aliphatic carbocycles. The molecular weight excluding hydrogens is 354 g/mol. The number of amides is 2. The molecule has 2 atom stereocenters. The minimum atomic E-state index is -0.0649. The van der Waals surface area contributed by atoms with Gasteiger partial charge in [0, 0.05) is 43.7 Å². The lowest BCUT2D eigenvalue weighted by molar-refractivity contribution is -0.141. The summed E-state index contributed by atoms with van der Waals surface area (Å²) in [5.41, 5.74) is 6.06. The van der Waals surface area contributed by atoms with Gasteiger partial charge in [0.1, 0.15) is 5.75 Å². The number of rotatable bonds is 5. The number of nitrogens with zero attached hydrogens (tertiary/aromatic N) is 2. The first-order chi connectivity index (χ1) is 12.5. The summed E-state index contributed by atoms with van der Waals surface area (Å²) in [6.45, 7) is 2.24. The number of ether oxygens (including phenoxy) is 1. The van der Waals surface area contributed by atoms with E-state index >= 15 is 0 Å². The van der Waals surface area contributed by atoms with Crippen LogP contribution >= 0.6 is 11.6 Å². The third-order valence-electron chi connectivity index (χ3n) is 5.32. The molecule has 0 unspecified atom stereocenters. The van der Waals surface area contributed by atoms with Crippen LogP contribution in [-0.2, 0) is 9.59 Å². The fourth-order valence-electron chi connectivity index (χ4n) is 3.64. The van der Waals surface area contributed by atoms with E-state index in [1.807, 2.05) is 4.90 Å². The predicted molar refractivity (Wildman–Crippen MR) is 100 cm³/mol. The maximum atomic E-state index is 12.4. The van der Waals surface area contributed by atoms with Gasteiger partial charge in [-0.15, -0.1) is 0 Å². The topological polar surface area (TPSA) is 75.9 Å². The zero-order valence-electron chi connectivity index (χ0n) is 14.9. The normalized spacial score (nSPS) is 23.2. The van der Waals surface area contributed by atoms with Crippen molar-refractivity contribution in [2.75, 3.05) is 32.8 Å². The number of hydrogen-bond donors (Lipinski definition) is 1. The van der Waals surface area contributed by atoms with Gasteiger partial charge in [0.25, 0.3) is 5.91 Å². The van der Waals surface area contributed by atoms with Crippen molar-refractivity contribution in [3.05, 3.63) is 29.3 Å². The minimum absolute atomic E-state index is 0.00743. The van der Waals surface area contributed by atoms with E-state index in [4.69, 9.17) is 22.1 Å². The molecule has 2 amide bonds. The van der Waals surface area contributed by atoms with E-state index in [1.54, 1.807) is 29.2 Å². The molecule has 1 saturated carbocycles. The summed E-state index contributed by atoms with van der Waals surface area (Å²) in [4.78, 5) is 28.3. The lowest BCUT2D eigenvalue weighted by Crippen LogP contribution is -2.52. The Morgan fingerprint density at radius 2 is 1.65 bits per heavy atom. The summed E-state index contributed by atoms with van der Waals surface area (Å²) in [5.74, 6) is 1.03. The monoisotopic (exact) mass is 379 g/mol. The second-order valence-electron chi connectivity index (χ2n) is 7.06. The van der Waals surface area contributed by atoms with E-state index in [0.717, 1.165) is 19.3 Å². The van der Waals surface area contributed by atoms with Gasteiger partial charge in [-0.1, -0.05) is 18.0 Å². The smallest absolute Gasteiger partial charge is 0.260 e. The van der Waals surface area contributed by atoms with Crippen molar-refractivity contribution in [1.29, 1.82) is 0 Å². The highest BCUT2D eigenvalue weighted by Crippen LogP contribution is 2.27. The zero-order chi connectivity index (χ0) is 18.5. The molecule has 0 aromatic heterocycles. The average Bonchev–Trinajstić information content (AvgIpc) is 3.05. The number of carbonyl (C=O) groups excluding carboxylic acids is 2. The van der Waals surface area contributed by atoms with Crippen LogP contribution in [0.4, 0.5) is 0 Å². The van der Waals surface area contributed by atoms with Gasteiger partial charge in [0.05, 0.1) is 0 Å². The van der Waals surface area contributed by atoms with Gasteiger partial charge in [-0.25, -0.2) is 0 Å². The highest BCUT2D eigenvalue weighted by Gasteiger charge is 2.30. The number of hydrogen-bond acceptors (Lipinski definition) is 4. The molecule has 1 aromatic rings. The third kappa shape index (κ3) is 4.89. The molecule has 0 spiro atoms. The summed E-state index contributed by atoms with van der Waals surface area (Å²) in [6.07, 6.45) is 3.73. The van der Waals surface area contributed by atoms with Crippen molar-refractivity contribution in [1.82, 2.24) is 9.80 Å². The molecule has 1 aromatic carbocycles. The highest BCUT2D eigenvalue weighted by molar-refractivity contribution is 6.30. The Labute approximate surface area is 159 Å². The SMILES string of the molecule is N[C@@H]1CCC[C@H]1CC(=O)N1CCN(C(=O)COc2ccc(Cl)cc2)CC1. The van der Waals surface area contributed by atoms with Crippen LogP contribution in [0.15, 0.2) is 24.3 Å². The van der Waals surface area contributed by atoms with Crippen LogP contribution in [0.3, 0.4) is 0 Å². The van der Waals surface area contributed by atoms with Gasteiger partial charge in [0.15, 0.2) is 6.61 Å². The van der Waals surface area contributed by atoms with Gasteiger partial charge >= 0.3 is 0 Å². The van der Waals surface area contributed by atoms with Crippen LogP contribution in [0.5, 0.6) is 5.75 Å². The Hall–Kier alpha value is -1.79. The standard InChI is InChI=1S/C19H26ClN3O3/c20-15-4-6-16(7-5-15)26-13-19(25)23-10-8-22(9-11-23)18(24)12-14-2-1-3-17(14)21/h4-7,14,17H,1-3,8-13,21H2/t14-,17+/m0/s1. The molecule has 26 heavy (non-hydrogen) atoms. The number of halogens is 1. The van der Waals surface area contributed by atoms with Crippen LogP contribution in [0.25, 0.3) is 0 Å². The van der Waals surface area contributed by atoms with Crippen LogP contribution in [-0.4, -0.2) is 60.4 Å². The van der Waals surface area contributed by atoms with Crippen LogP contribution < -0.4 is 10.5 Å². The van der Waals surface area contributed by atoms with Crippen LogP contribution in [0, 0.1) is 5.92 Å². The first-order valence-electron chi connectivity index (χ1n) is 9.22. The molecule has 2 N–H and O–H groups in total. The molecule has 1 heterocycles.